The summed E-state index contributed by atoms with van der Waals surface area (Å²) >= 11 is 0. The van der Waals surface area contributed by atoms with Crippen molar-refractivity contribution in [2.24, 2.45) is 0 Å². The van der Waals surface area contributed by atoms with Crippen LogP contribution in [0.4, 0.5) is 0 Å². The minimum Gasteiger partial charge on any atom is -0.480 e. The van der Waals surface area contributed by atoms with E-state index < -0.39 is 22.4 Å². The largest absolute Gasteiger partial charge is 0.480 e. The van der Waals surface area contributed by atoms with Gasteiger partial charge in [-0.2, -0.15) is 10.5 Å². The van der Waals surface area contributed by atoms with Crippen LogP contribution in [0.3, 0.4) is 0 Å². The van der Waals surface area contributed by atoms with Crippen molar-refractivity contribution in [1.82, 2.24) is 0 Å². The van der Waals surface area contributed by atoms with Gasteiger partial charge >= 0.3 is 0 Å². The van der Waals surface area contributed by atoms with Crippen LogP contribution < -0.4 is 28.4 Å². The minimum atomic E-state index is -0.742. The number of hydrogen-bond acceptors (Lipinski definition) is 8. The number of rotatable bonds is 4. The third-order valence-corrected chi connectivity index (χ3v) is 14.4. The second kappa shape index (κ2) is 10.8. The van der Waals surface area contributed by atoms with E-state index in [1.54, 1.807) is 0 Å². The standard InChI is InChI=1S/C45H52N2O6/c1-13-41(9)42(10,14-2)51-34-20-30-28(18-33(34)50-41)40(7,8)24-45(30)23-39(5,6)27-17-31-32(19-29(27)45)49-36-26(22-47)38-37(25(21-46)35(36)48-31)52-43(11,15-3)44(12,16-4)53-38/h17-20H,13-16,23-24H2,1-12H3. The van der Waals surface area contributed by atoms with Crippen LogP contribution in [0.15, 0.2) is 24.3 Å². The first-order valence-electron chi connectivity index (χ1n) is 19.4. The SMILES string of the molecule is CCC1(C)Oc2cc3c(cc2OC1(C)CC)C1(CC(C)(C)c2cc4c(cc21)Oc1c(C#N)c2c(c(C#N)c1O4)OC(C)(CC)C(C)(CC)O2)CC3(C)C. The Morgan fingerprint density at radius 2 is 0.792 bits per heavy atom. The number of benzene rings is 3. The summed E-state index contributed by atoms with van der Waals surface area (Å²) in [6, 6.07) is 13.3. The van der Waals surface area contributed by atoms with Gasteiger partial charge in [0.05, 0.1) is 0 Å². The maximum atomic E-state index is 10.6. The summed E-state index contributed by atoms with van der Waals surface area (Å²) in [5, 5.41) is 21.2. The lowest BCUT2D eigenvalue weighted by molar-refractivity contribution is -0.125. The molecule has 0 amide bonds. The van der Waals surface area contributed by atoms with Gasteiger partial charge in [0, 0.05) is 5.41 Å². The number of ether oxygens (including phenoxy) is 6. The average molecular weight is 717 g/mol. The van der Waals surface area contributed by atoms with Gasteiger partial charge in [0.25, 0.3) is 0 Å². The summed E-state index contributed by atoms with van der Waals surface area (Å²) in [7, 11) is 0. The molecule has 5 unspecified atom stereocenters. The zero-order valence-electron chi connectivity index (χ0n) is 33.4. The maximum Gasteiger partial charge on any atom is 0.193 e. The van der Waals surface area contributed by atoms with Gasteiger partial charge in [-0.25, -0.2) is 0 Å². The summed E-state index contributed by atoms with van der Waals surface area (Å²) in [6.45, 7) is 25.9. The molecule has 8 rings (SSSR count). The molecule has 5 aliphatic rings. The molecule has 0 aromatic heterocycles. The molecule has 0 saturated heterocycles. The Labute approximate surface area is 314 Å². The molecule has 0 bridgehead atoms. The smallest absolute Gasteiger partial charge is 0.193 e. The molecular formula is C45H52N2O6. The topological polar surface area (TPSA) is 103 Å². The average Bonchev–Trinajstić information content (AvgIpc) is 3.47. The van der Waals surface area contributed by atoms with Crippen LogP contribution in [0, 0.1) is 22.7 Å². The molecule has 0 saturated carbocycles. The molecule has 3 aromatic rings. The minimum absolute atomic E-state index is 0.148. The second-order valence-corrected chi connectivity index (χ2v) is 18.1. The van der Waals surface area contributed by atoms with Crippen molar-refractivity contribution in [2.45, 2.75) is 160 Å². The maximum absolute atomic E-state index is 10.6. The van der Waals surface area contributed by atoms with Gasteiger partial charge in [-0.15, -0.1) is 0 Å². The molecule has 8 heteroatoms. The fourth-order valence-electron chi connectivity index (χ4n) is 10.3. The van der Waals surface area contributed by atoms with Crippen LogP contribution in [-0.2, 0) is 16.2 Å². The molecular weight excluding hydrogens is 665 g/mol. The molecule has 1 spiro atoms. The van der Waals surface area contributed by atoms with Gasteiger partial charge in [0.15, 0.2) is 46.0 Å². The highest BCUT2D eigenvalue weighted by Gasteiger charge is 2.59. The Bertz CT molecular complexity index is 2210. The highest BCUT2D eigenvalue weighted by atomic mass is 16.6. The Kier molecular flexibility index (Phi) is 7.21. The summed E-state index contributed by atoms with van der Waals surface area (Å²) in [6.07, 6.45) is 4.71. The molecule has 2 aliphatic carbocycles. The molecule has 278 valence electrons. The normalized spacial score (nSPS) is 31.6. The van der Waals surface area contributed by atoms with Crippen molar-refractivity contribution in [3.63, 3.8) is 0 Å². The van der Waals surface area contributed by atoms with E-state index in [1.165, 1.54) is 22.3 Å². The van der Waals surface area contributed by atoms with E-state index in [4.69, 9.17) is 28.4 Å². The zero-order chi connectivity index (χ0) is 38.3. The Morgan fingerprint density at radius 1 is 0.472 bits per heavy atom. The van der Waals surface area contributed by atoms with Crippen LogP contribution in [-0.4, -0.2) is 22.4 Å². The van der Waals surface area contributed by atoms with Gasteiger partial charge in [0.2, 0.25) is 0 Å². The lowest BCUT2D eigenvalue weighted by atomic mass is 9.72. The molecule has 3 aliphatic heterocycles. The second-order valence-electron chi connectivity index (χ2n) is 18.1. The number of fused-ring (bicyclic) bond motifs is 8. The van der Waals surface area contributed by atoms with E-state index in [0.29, 0.717) is 24.3 Å². The molecule has 5 atom stereocenters. The fraction of sp³-hybridized carbons (Fsp3) is 0.556. The Morgan fingerprint density at radius 3 is 1.15 bits per heavy atom. The van der Waals surface area contributed by atoms with Crippen LogP contribution in [0.2, 0.25) is 0 Å². The Hall–Kier alpha value is -4.56. The van der Waals surface area contributed by atoms with Crippen LogP contribution >= 0.6 is 0 Å². The summed E-state index contributed by atoms with van der Waals surface area (Å²) < 4.78 is 40.4. The first-order chi connectivity index (χ1) is 24.8. The van der Waals surface area contributed by atoms with Gasteiger partial charge in [0.1, 0.15) is 45.7 Å². The zero-order valence-corrected chi connectivity index (χ0v) is 33.4. The predicted octanol–water partition coefficient (Wildman–Crippen LogP) is 11.2. The van der Waals surface area contributed by atoms with Crippen molar-refractivity contribution < 1.29 is 28.4 Å². The third kappa shape index (κ3) is 4.39. The summed E-state index contributed by atoms with van der Waals surface area (Å²) in [4.78, 5) is 0. The van der Waals surface area contributed by atoms with Crippen LogP contribution in [0.1, 0.15) is 155 Å². The van der Waals surface area contributed by atoms with E-state index in [1.807, 2.05) is 27.7 Å². The lowest BCUT2D eigenvalue weighted by Gasteiger charge is -2.49. The van der Waals surface area contributed by atoms with E-state index in [2.05, 4.69) is 91.8 Å². The number of hydrogen-bond donors (Lipinski definition) is 0. The third-order valence-electron chi connectivity index (χ3n) is 14.4. The molecule has 53 heavy (non-hydrogen) atoms. The molecule has 0 fully saturated rings. The van der Waals surface area contributed by atoms with Gasteiger partial charge in [-0.05, 0) is 124 Å². The van der Waals surface area contributed by atoms with E-state index >= 15 is 0 Å². The van der Waals surface area contributed by atoms with E-state index in [-0.39, 0.29) is 50.4 Å². The van der Waals surface area contributed by atoms with Crippen LogP contribution in [0.25, 0.3) is 0 Å². The molecule has 0 N–H and O–H groups in total. The molecule has 0 radical (unpaired) electrons. The highest BCUT2D eigenvalue weighted by molar-refractivity contribution is 5.77. The van der Waals surface area contributed by atoms with E-state index in [0.717, 1.165) is 37.2 Å². The summed E-state index contributed by atoms with van der Waals surface area (Å²) in [5.74, 6) is 3.41. The molecule has 3 heterocycles. The van der Waals surface area contributed by atoms with Gasteiger partial charge in [-0.1, -0.05) is 55.4 Å². The monoisotopic (exact) mass is 716 g/mol. The number of nitrogens with zero attached hydrogens (tertiary/aromatic N) is 2. The lowest BCUT2D eigenvalue weighted by Crippen LogP contribution is -2.59. The van der Waals surface area contributed by atoms with Crippen molar-refractivity contribution >= 4 is 0 Å². The predicted molar refractivity (Wildman–Crippen MR) is 202 cm³/mol. The molecule has 8 nitrogen and oxygen atoms in total. The molecule has 3 aromatic carbocycles. The quantitative estimate of drug-likeness (QED) is 0.206. The number of nitriles is 2. The van der Waals surface area contributed by atoms with E-state index in [9.17, 15) is 10.5 Å². The fourth-order valence-corrected chi connectivity index (χ4v) is 10.3. The van der Waals surface area contributed by atoms with Gasteiger partial charge < -0.3 is 28.4 Å². The first kappa shape index (κ1) is 35.5. The Balaban J connectivity index is 1.29. The summed E-state index contributed by atoms with van der Waals surface area (Å²) in [5.41, 5.74) is 2.10. The highest BCUT2D eigenvalue weighted by Crippen LogP contribution is 2.67. The van der Waals surface area contributed by atoms with Gasteiger partial charge in [-0.3, -0.25) is 0 Å². The van der Waals surface area contributed by atoms with Crippen molar-refractivity contribution in [2.75, 3.05) is 0 Å². The van der Waals surface area contributed by atoms with Crippen LogP contribution in [0.5, 0.6) is 46.0 Å². The first-order valence-corrected chi connectivity index (χ1v) is 19.4. The van der Waals surface area contributed by atoms with Crippen molar-refractivity contribution in [3.8, 4) is 58.1 Å². The van der Waals surface area contributed by atoms with Crippen molar-refractivity contribution in [1.29, 1.82) is 10.5 Å². The van der Waals surface area contributed by atoms with Crippen molar-refractivity contribution in [3.05, 3.63) is 57.6 Å².